The van der Waals surface area contributed by atoms with Crippen molar-refractivity contribution in [2.45, 2.75) is 12.3 Å². The summed E-state index contributed by atoms with van der Waals surface area (Å²) in [4.78, 5) is 53.4. The van der Waals surface area contributed by atoms with E-state index in [2.05, 4.69) is 0 Å². The fourth-order valence-corrected chi connectivity index (χ4v) is 4.07. The molecule has 0 aliphatic carbocycles. The highest BCUT2D eigenvalue weighted by Crippen LogP contribution is 2.54. The second-order valence-electron chi connectivity index (χ2n) is 7.13. The van der Waals surface area contributed by atoms with E-state index >= 15 is 0 Å². The number of allylic oxidation sites excluding steroid dienone is 1. The van der Waals surface area contributed by atoms with Crippen molar-refractivity contribution in [2.75, 3.05) is 46.0 Å². The lowest BCUT2D eigenvalue weighted by Crippen LogP contribution is -2.51. The van der Waals surface area contributed by atoms with Gasteiger partial charge in [-0.2, -0.15) is 0 Å². The van der Waals surface area contributed by atoms with Crippen LogP contribution in [0, 0.1) is 0 Å². The summed E-state index contributed by atoms with van der Waals surface area (Å²) in [6, 6.07) is 6.41. The van der Waals surface area contributed by atoms with Gasteiger partial charge in [-0.25, -0.2) is 9.59 Å². The summed E-state index contributed by atoms with van der Waals surface area (Å²) < 4.78 is 25.3. The number of nitrogens with zero attached hydrogens (tertiary/aromatic N) is 1. The number of ether oxygens (including phenoxy) is 5. The molecule has 1 atom stereocenters. The number of hydrogen-bond acceptors (Lipinski definition) is 10. The van der Waals surface area contributed by atoms with E-state index in [1.807, 2.05) is 0 Å². The van der Waals surface area contributed by atoms with Crippen LogP contribution in [-0.2, 0) is 48.3 Å². The zero-order valence-electron chi connectivity index (χ0n) is 18.6. The molecule has 3 rings (SSSR count). The Bertz CT molecular complexity index is 1080. The number of carbonyl (C=O) groups excluding carboxylic acids is 4. The second-order valence-corrected chi connectivity index (χ2v) is 7.13. The van der Waals surface area contributed by atoms with Gasteiger partial charge in [-0.05, 0) is 13.0 Å². The number of amides is 1. The third-order valence-electron chi connectivity index (χ3n) is 5.41. The van der Waals surface area contributed by atoms with Crippen LogP contribution in [0.3, 0.4) is 0 Å². The Balaban J connectivity index is 2.32. The standard InChI is InChI=1S/C22H24N2O9/c1-12-16(20(27)32-10-9-29-2)22(17(18(23)33-12)19(26)31-4)13-7-5-6-8-14(13)24(21(22)28)11-15(25)30-3/h5-8H,9-11,23H2,1-4H3. The molecule has 2 aliphatic heterocycles. The molecular weight excluding hydrogens is 436 g/mol. The minimum Gasteiger partial charge on any atom is -0.468 e. The highest BCUT2D eigenvalue weighted by atomic mass is 16.6. The Labute approximate surface area is 189 Å². The largest absolute Gasteiger partial charge is 0.468 e. The van der Waals surface area contributed by atoms with Crippen LogP contribution in [0.2, 0.25) is 0 Å². The van der Waals surface area contributed by atoms with E-state index in [4.69, 9.17) is 29.4 Å². The molecule has 1 spiro atoms. The van der Waals surface area contributed by atoms with E-state index in [0.29, 0.717) is 5.69 Å². The molecule has 0 saturated heterocycles. The maximum absolute atomic E-state index is 14.1. The molecule has 0 saturated carbocycles. The third kappa shape index (κ3) is 3.69. The van der Waals surface area contributed by atoms with E-state index in [1.165, 1.54) is 21.1 Å². The van der Waals surface area contributed by atoms with Gasteiger partial charge in [0.05, 0.1) is 20.8 Å². The first-order valence-electron chi connectivity index (χ1n) is 9.87. The highest BCUT2D eigenvalue weighted by molar-refractivity contribution is 6.23. The molecule has 2 heterocycles. The normalized spacial score (nSPS) is 19.4. The van der Waals surface area contributed by atoms with Crippen molar-refractivity contribution in [2.24, 2.45) is 5.73 Å². The molecule has 1 aromatic rings. The first-order valence-corrected chi connectivity index (χ1v) is 9.87. The van der Waals surface area contributed by atoms with Crippen LogP contribution < -0.4 is 10.6 Å². The molecule has 0 radical (unpaired) electrons. The number of anilines is 1. The number of nitrogens with two attached hydrogens (primary N) is 1. The molecule has 33 heavy (non-hydrogen) atoms. The van der Waals surface area contributed by atoms with Crippen LogP contribution in [0.4, 0.5) is 5.69 Å². The first kappa shape index (κ1) is 23.8. The molecule has 0 fully saturated rings. The molecule has 2 aliphatic rings. The van der Waals surface area contributed by atoms with Gasteiger partial charge in [0.2, 0.25) is 11.8 Å². The molecule has 1 amide bonds. The Morgan fingerprint density at radius 1 is 1.03 bits per heavy atom. The highest BCUT2D eigenvalue weighted by Gasteiger charge is 2.64. The van der Waals surface area contributed by atoms with Gasteiger partial charge >= 0.3 is 17.9 Å². The fraction of sp³-hybridized carbons (Fsp3) is 0.364. The van der Waals surface area contributed by atoms with Crippen LogP contribution in [0.5, 0.6) is 0 Å². The van der Waals surface area contributed by atoms with Gasteiger partial charge in [-0.3, -0.25) is 14.5 Å². The summed E-state index contributed by atoms with van der Waals surface area (Å²) in [7, 11) is 3.72. The molecule has 11 heteroatoms. The van der Waals surface area contributed by atoms with E-state index in [0.717, 1.165) is 12.0 Å². The molecule has 176 valence electrons. The number of esters is 3. The van der Waals surface area contributed by atoms with Crippen LogP contribution in [0.1, 0.15) is 12.5 Å². The van der Waals surface area contributed by atoms with Crippen molar-refractivity contribution < 1.29 is 42.9 Å². The monoisotopic (exact) mass is 460 g/mol. The quantitative estimate of drug-likeness (QED) is 0.342. The molecule has 1 aromatic carbocycles. The van der Waals surface area contributed by atoms with Crippen LogP contribution in [-0.4, -0.2) is 64.9 Å². The van der Waals surface area contributed by atoms with Crippen molar-refractivity contribution in [1.82, 2.24) is 0 Å². The number of fused-ring (bicyclic) bond motifs is 2. The average molecular weight is 460 g/mol. The van der Waals surface area contributed by atoms with Gasteiger partial charge in [0.15, 0.2) is 0 Å². The van der Waals surface area contributed by atoms with Gasteiger partial charge in [0, 0.05) is 18.4 Å². The predicted molar refractivity (Wildman–Crippen MR) is 112 cm³/mol. The van der Waals surface area contributed by atoms with Crippen LogP contribution in [0.25, 0.3) is 0 Å². The van der Waals surface area contributed by atoms with Crippen LogP contribution in [0.15, 0.2) is 47.1 Å². The minimum absolute atomic E-state index is 0.0364. The number of rotatable bonds is 7. The Morgan fingerprint density at radius 3 is 2.36 bits per heavy atom. The van der Waals surface area contributed by atoms with E-state index in [-0.39, 0.29) is 35.7 Å². The molecular formula is C22H24N2O9. The summed E-state index contributed by atoms with van der Waals surface area (Å²) in [6.45, 7) is 0.951. The summed E-state index contributed by atoms with van der Waals surface area (Å²) in [5, 5.41) is 0. The minimum atomic E-state index is -2.06. The average Bonchev–Trinajstić information content (AvgIpc) is 3.02. The maximum atomic E-state index is 14.1. The van der Waals surface area contributed by atoms with Crippen molar-refractivity contribution in [3.05, 3.63) is 52.6 Å². The number of benzene rings is 1. The third-order valence-corrected chi connectivity index (χ3v) is 5.41. The molecule has 0 bridgehead atoms. The number of carbonyl (C=O) groups is 4. The van der Waals surface area contributed by atoms with Crippen molar-refractivity contribution in [1.29, 1.82) is 0 Å². The predicted octanol–water partition coefficient (Wildman–Crippen LogP) is 0.281. The number of methoxy groups -OCH3 is 3. The van der Waals surface area contributed by atoms with Gasteiger partial charge in [0.1, 0.15) is 35.5 Å². The second kappa shape index (κ2) is 9.33. The Morgan fingerprint density at radius 2 is 1.73 bits per heavy atom. The Kier molecular flexibility index (Phi) is 6.73. The van der Waals surface area contributed by atoms with Gasteiger partial charge in [0.25, 0.3) is 0 Å². The lowest BCUT2D eigenvalue weighted by Gasteiger charge is -2.36. The number of para-hydroxylation sites is 1. The van der Waals surface area contributed by atoms with E-state index < -0.39 is 41.7 Å². The zero-order chi connectivity index (χ0) is 24.3. The number of hydrogen-bond donors (Lipinski definition) is 1. The topological polar surface area (TPSA) is 144 Å². The van der Waals surface area contributed by atoms with Crippen molar-refractivity contribution in [3.63, 3.8) is 0 Å². The van der Waals surface area contributed by atoms with Crippen molar-refractivity contribution >= 4 is 29.5 Å². The first-order chi connectivity index (χ1) is 15.7. The van der Waals surface area contributed by atoms with Crippen molar-refractivity contribution in [3.8, 4) is 0 Å². The molecule has 2 N–H and O–H groups in total. The Hall–Kier alpha value is -3.86. The molecule has 0 aromatic heterocycles. The van der Waals surface area contributed by atoms with E-state index in [1.54, 1.807) is 24.3 Å². The van der Waals surface area contributed by atoms with Gasteiger partial charge < -0.3 is 29.4 Å². The van der Waals surface area contributed by atoms with Crippen LogP contribution >= 0.6 is 0 Å². The summed E-state index contributed by atoms with van der Waals surface area (Å²) >= 11 is 0. The zero-order valence-corrected chi connectivity index (χ0v) is 18.6. The molecule has 1 unspecified atom stereocenters. The maximum Gasteiger partial charge on any atom is 0.340 e. The molecule has 11 nitrogen and oxygen atoms in total. The summed E-state index contributed by atoms with van der Waals surface area (Å²) in [5.74, 6) is -3.82. The SMILES string of the molecule is COCCOC(=O)C1=C(C)OC(N)=C(C(=O)OC)C12C(=O)N(CC(=O)OC)c1ccccc12. The smallest absolute Gasteiger partial charge is 0.340 e. The fourth-order valence-electron chi connectivity index (χ4n) is 4.07. The lowest BCUT2D eigenvalue weighted by molar-refractivity contribution is -0.143. The van der Waals surface area contributed by atoms with Gasteiger partial charge in [-0.15, -0.1) is 0 Å². The van der Waals surface area contributed by atoms with Gasteiger partial charge in [-0.1, -0.05) is 18.2 Å². The summed E-state index contributed by atoms with van der Waals surface area (Å²) in [6.07, 6.45) is 0. The van der Waals surface area contributed by atoms with E-state index in [9.17, 15) is 19.2 Å². The summed E-state index contributed by atoms with van der Waals surface area (Å²) in [5.41, 5.74) is 3.89. The lowest BCUT2D eigenvalue weighted by atomic mass is 9.67.